The Morgan fingerprint density at radius 3 is 2.58 bits per heavy atom. The van der Waals surface area contributed by atoms with Gasteiger partial charge < -0.3 is 0 Å². The smallest absolute Gasteiger partial charge is 0.127 e. The van der Waals surface area contributed by atoms with Gasteiger partial charge in [-0.15, -0.1) is 0 Å². The van der Waals surface area contributed by atoms with E-state index >= 15 is 0 Å². The van der Waals surface area contributed by atoms with Gasteiger partial charge in [0.15, 0.2) is 0 Å². The predicted octanol–water partition coefficient (Wildman–Crippen LogP) is 3.66. The van der Waals surface area contributed by atoms with Crippen LogP contribution in [0, 0.1) is 19.7 Å². The van der Waals surface area contributed by atoms with E-state index in [4.69, 9.17) is 0 Å². The highest BCUT2D eigenvalue weighted by Gasteiger charge is 2.06. The van der Waals surface area contributed by atoms with Crippen LogP contribution >= 0.6 is 11.3 Å². The van der Waals surface area contributed by atoms with Crippen molar-refractivity contribution in [1.82, 2.24) is 0 Å². The zero-order valence-corrected chi connectivity index (χ0v) is 7.83. The molecule has 2 aromatic rings. The Hall–Kier alpha value is -0.890. The molecule has 0 saturated heterocycles. The molecular formula is C10H9FS. The number of benzene rings is 1. The average Bonchev–Trinajstić information content (AvgIpc) is 2.48. The summed E-state index contributed by atoms with van der Waals surface area (Å²) in [6.45, 7) is 3.77. The van der Waals surface area contributed by atoms with Gasteiger partial charge in [-0.3, -0.25) is 0 Å². The van der Waals surface area contributed by atoms with Crippen molar-refractivity contribution in [3.05, 3.63) is 33.8 Å². The Bertz CT molecular complexity index is 429. The van der Waals surface area contributed by atoms with Gasteiger partial charge in [0.1, 0.15) is 5.82 Å². The summed E-state index contributed by atoms with van der Waals surface area (Å²) in [5.41, 5.74) is 1.78. The van der Waals surface area contributed by atoms with Crippen LogP contribution in [0.25, 0.3) is 10.8 Å². The molecule has 0 fully saturated rings. The third kappa shape index (κ3) is 0.950. The first kappa shape index (κ1) is 7.74. The number of fused-ring (bicyclic) bond motifs is 1. The lowest BCUT2D eigenvalue weighted by Crippen LogP contribution is -1.84. The first-order valence-corrected chi connectivity index (χ1v) is 4.76. The van der Waals surface area contributed by atoms with Gasteiger partial charge in [0.05, 0.1) is 0 Å². The van der Waals surface area contributed by atoms with Crippen LogP contribution in [0.1, 0.15) is 11.1 Å². The number of thiophene rings is 1. The van der Waals surface area contributed by atoms with Gasteiger partial charge >= 0.3 is 0 Å². The summed E-state index contributed by atoms with van der Waals surface area (Å²) in [7, 11) is 0. The Morgan fingerprint density at radius 2 is 1.83 bits per heavy atom. The minimum absolute atomic E-state index is 0.0987. The lowest BCUT2D eigenvalue weighted by atomic mass is 10.1. The standard InChI is InChI=1S/C10H9FS/c1-6-3-10(11)7(2)9-5-12-4-8(6)9/h3-5H,1-2H3. The fraction of sp³-hybridized carbons (Fsp3) is 0.200. The second kappa shape index (κ2) is 2.56. The third-order valence-corrected chi connectivity index (χ3v) is 2.94. The monoisotopic (exact) mass is 180 g/mol. The van der Waals surface area contributed by atoms with Gasteiger partial charge in [-0.05, 0) is 52.6 Å². The lowest BCUT2D eigenvalue weighted by molar-refractivity contribution is 0.620. The SMILES string of the molecule is Cc1cc(F)c(C)c2cscc12. The molecule has 1 aromatic heterocycles. The lowest BCUT2D eigenvalue weighted by Gasteiger charge is -2.01. The molecule has 0 saturated carbocycles. The molecule has 0 radical (unpaired) electrons. The maximum absolute atomic E-state index is 13.2. The summed E-state index contributed by atoms with van der Waals surface area (Å²) < 4.78 is 13.2. The number of aryl methyl sites for hydroxylation is 2. The van der Waals surface area contributed by atoms with Crippen LogP contribution in [0.2, 0.25) is 0 Å². The van der Waals surface area contributed by atoms with Gasteiger partial charge in [0, 0.05) is 0 Å². The highest BCUT2D eigenvalue weighted by molar-refractivity contribution is 7.09. The van der Waals surface area contributed by atoms with Crippen LogP contribution < -0.4 is 0 Å². The number of halogens is 1. The van der Waals surface area contributed by atoms with E-state index in [0.29, 0.717) is 0 Å². The van der Waals surface area contributed by atoms with Crippen LogP contribution in [0.15, 0.2) is 16.8 Å². The molecule has 0 aliphatic carbocycles. The number of hydrogen-bond acceptors (Lipinski definition) is 1. The summed E-state index contributed by atoms with van der Waals surface area (Å²) in [6.07, 6.45) is 0. The molecule has 2 rings (SSSR count). The highest BCUT2D eigenvalue weighted by Crippen LogP contribution is 2.27. The highest BCUT2D eigenvalue weighted by atomic mass is 32.1. The molecule has 0 spiro atoms. The largest absolute Gasteiger partial charge is 0.207 e. The first-order chi connectivity index (χ1) is 5.70. The Morgan fingerprint density at radius 1 is 1.17 bits per heavy atom. The van der Waals surface area contributed by atoms with Crippen LogP contribution in [0.5, 0.6) is 0 Å². The maximum atomic E-state index is 13.2. The van der Waals surface area contributed by atoms with Gasteiger partial charge in [-0.1, -0.05) is 0 Å². The quantitative estimate of drug-likeness (QED) is 0.580. The Kier molecular flexibility index (Phi) is 1.65. The van der Waals surface area contributed by atoms with E-state index in [1.807, 2.05) is 19.2 Å². The van der Waals surface area contributed by atoms with Crippen molar-refractivity contribution in [2.24, 2.45) is 0 Å². The molecule has 0 aliphatic rings. The van der Waals surface area contributed by atoms with Gasteiger partial charge in [0.2, 0.25) is 0 Å². The third-order valence-electron chi connectivity index (χ3n) is 2.19. The second-order valence-corrected chi connectivity index (χ2v) is 3.74. The minimum Gasteiger partial charge on any atom is -0.207 e. The van der Waals surface area contributed by atoms with E-state index in [-0.39, 0.29) is 5.82 Å². The van der Waals surface area contributed by atoms with E-state index in [9.17, 15) is 4.39 Å². The fourth-order valence-corrected chi connectivity index (χ4v) is 2.35. The van der Waals surface area contributed by atoms with Gasteiger partial charge in [0.25, 0.3) is 0 Å². The molecular weight excluding hydrogens is 171 g/mol. The van der Waals surface area contributed by atoms with Crippen molar-refractivity contribution in [3.63, 3.8) is 0 Å². The molecule has 0 aliphatic heterocycles. The van der Waals surface area contributed by atoms with Crippen molar-refractivity contribution in [1.29, 1.82) is 0 Å². The molecule has 0 atom stereocenters. The second-order valence-electron chi connectivity index (χ2n) is 3.00. The molecule has 0 unspecified atom stereocenters. The number of hydrogen-bond donors (Lipinski definition) is 0. The van der Waals surface area contributed by atoms with Crippen molar-refractivity contribution >= 4 is 22.1 Å². The Balaban J connectivity index is 2.97. The molecule has 0 bridgehead atoms. The molecule has 0 N–H and O–H groups in total. The van der Waals surface area contributed by atoms with E-state index in [2.05, 4.69) is 5.38 Å². The molecule has 0 nitrogen and oxygen atoms in total. The topological polar surface area (TPSA) is 0 Å². The van der Waals surface area contributed by atoms with E-state index in [1.54, 1.807) is 17.4 Å². The van der Waals surface area contributed by atoms with Crippen LogP contribution in [0.4, 0.5) is 4.39 Å². The van der Waals surface area contributed by atoms with Gasteiger partial charge in [-0.2, -0.15) is 11.3 Å². The normalized spacial score (nSPS) is 10.9. The molecule has 12 heavy (non-hydrogen) atoms. The van der Waals surface area contributed by atoms with E-state index in [1.165, 1.54) is 5.39 Å². The average molecular weight is 180 g/mol. The van der Waals surface area contributed by atoms with Gasteiger partial charge in [-0.25, -0.2) is 4.39 Å². The summed E-state index contributed by atoms with van der Waals surface area (Å²) in [5, 5.41) is 6.30. The summed E-state index contributed by atoms with van der Waals surface area (Å²) in [4.78, 5) is 0. The predicted molar refractivity (Wildman–Crippen MR) is 51.3 cm³/mol. The first-order valence-electron chi connectivity index (χ1n) is 3.82. The van der Waals surface area contributed by atoms with E-state index < -0.39 is 0 Å². The van der Waals surface area contributed by atoms with Crippen molar-refractivity contribution < 1.29 is 4.39 Å². The number of rotatable bonds is 0. The zero-order valence-electron chi connectivity index (χ0n) is 7.02. The minimum atomic E-state index is -0.0987. The van der Waals surface area contributed by atoms with Crippen LogP contribution in [-0.2, 0) is 0 Å². The fourth-order valence-electron chi connectivity index (χ4n) is 1.40. The zero-order chi connectivity index (χ0) is 8.72. The molecule has 0 amide bonds. The van der Waals surface area contributed by atoms with Crippen molar-refractivity contribution in [2.45, 2.75) is 13.8 Å². The van der Waals surface area contributed by atoms with Crippen LogP contribution in [-0.4, -0.2) is 0 Å². The van der Waals surface area contributed by atoms with Crippen molar-refractivity contribution in [2.75, 3.05) is 0 Å². The molecule has 1 heterocycles. The van der Waals surface area contributed by atoms with Crippen molar-refractivity contribution in [3.8, 4) is 0 Å². The van der Waals surface area contributed by atoms with E-state index in [0.717, 1.165) is 16.5 Å². The summed E-state index contributed by atoms with van der Waals surface area (Å²) in [6, 6.07) is 1.60. The molecule has 62 valence electrons. The maximum Gasteiger partial charge on any atom is 0.127 e. The summed E-state index contributed by atoms with van der Waals surface area (Å²) in [5.74, 6) is -0.0987. The Labute approximate surface area is 74.6 Å². The molecule has 2 heteroatoms. The molecule has 1 aromatic carbocycles. The van der Waals surface area contributed by atoms with Crippen LogP contribution in [0.3, 0.4) is 0 Å². The summed E-state index contributed by atoms with van der Waals surface area (Å²) >= 11 is 1.62.